The van der Waals surface area contributed by atoms with Crippen LogP contribution < -0.4 is 10.2 Å². The second-order valence-electron chi connectivity index (χ2n) is 5.75. The monoisotopic (exact) mass is 345 g/mol. The maximum Gasteiger partial charge on any atom is 0.316 e. The highest BCUT2D eigenvalue weighted by atomic mass is 16.2. The molecule has 0 aliphatic rings. The van der Waals surface area contributed by atoms with E-state index in [1.807, 2.05) is 60.7 Å². The first-order valence-electron chi connectivity index (χ1n) is 8.31. The molecule has 1 heterocycles. The van der Waals surface area contributed by atoms with E-state index in [0.29, 0.717) is 12.2 Å². The predicted molar refractivity (Wildman–Crippen MR) is 100 cm³/mol. The van der Waals surface area contributed by atoms with Gasteiger partial charge in [0.05, 0.1) is 6.54 Å². The summed E-state index contributed by atoms with van der Waals surface area (Å²) in [6.07, 6.45) is 3.30. The van der Waals surface area contributed by atoms with Crippen LogP contribution >= 0.6 is 0 Å². The average Bonchev–Trinajstić information content (AvgIpc) is 2.72. The highest BCUT2D eigenvalue weighted by Gasteiger charge is 2.23. The van der Waals surface area contributed by atoms with E-state index in [9.17, 15) is 9.59 Å². The third-order valence-electron chi connectivity index (χ3n) is 3.89. The van der Waals surface area contributed by atoms with Gasteiger partial charge in [-0.2, -0.15) is 0 Å². The lowest BCUT2D eigenvalue weighted by Crippen LogP contribution is -2.42. The van der Waals surface area contributed by atoms with Crippen molar-refractivity contribution in [1.29, 1.82) is 0 Å². The smallest absolute Gasteiger partial charge is 0.316 e. The third kappa shape index (κ3) is 4.54. The van der Waals surface area contributed by atoms with Crippen molar-refractivity contribution in [3.8, 4) is 0 Å². The maximum atomic E-state index is 12.8. The zero-order valence-corrected chi connectivity index (χ0v) is 14.2. The number of nitrogens with zero attached hydrogens (tertiary/aromatic N) is 2. The van der Waals surface area contributed by atoms with Crippen LogP contribution in [-0.4, -0.2) is 16.8 Å². The lowest BCUT2D eigenvalue weighted by Gasteiger charge is -2.22. The number of hydrogen-bond donors (Lipinski definition) is 1. The molecule has 0 aliphatic carbocycles. The molecule has 1 aromatic heterocycles. The van der Waals surface area contributed by atoms with Crippen molar-refractivity contribution < 1.29 is 9.59 Å². The fourth-order valence-corrected chi connectivity index (χ4v) is 2.54. The van der Waals surface area contributed by atoms with Gasteiger partial charge in [0.25, 0.3) is 0 Å². The highest BCUT2D eigenvalue weighted by Crippen LogP contribution is 2.17. The van der Waals surface area contributed by atoms with Crippen LogP contribution in [0.3, 0.4) is 0 Å². The molecule has 0 bridgehead atoms. The molecular formula is C21H19N3O2. The van der Waals surface area contributed by atoms with E-state index in [4.69, 9.17) is 0 Å². The van der Waals surface area contributed by atoms with Gasteiger partial charge >= 0.3 is 11.8 Å². The average molecular weight is 345 g/mol. The van der Waals surface area contributed by atoms with Crippen LogP contribution in [0.4, 0.5) is 5.69 Å². The Morgan fingerprint density at radius 2 is 1.42 bits per heavy atom. The summed E-state index contributed by atoms with van der Waals surface area (Å²) >= 11 is 0. The van der Waals surface area contributed by atoms with Gasteiger partial charge in [0, 0.05) is 24.6 Å². The summed E-state index contributed by atoms with van der Waals surface area (Å²) in [5.41, 5.74) is 2.52. The molecule has 5 heteroatoms. The van der Waals surface area contributed by atoms with Gasteiger partial charge in [0.2, 0.25) is 0 Å². The van der Waals surface area contributed by atoms with Crippen LogP contribution in [0, 0.1) is 0 Å². The van der Waals surface area contributed by atoms with E-state index < -0.39 is 11.8 Å². The zero-order chi connectivity index (χ0) is 18.2. The number of carbonyl (C=O) groups is 2. The molecular weight excluding hydrogens is 326 g/mol. The Bertz CT molecular complexity index is 852. The Morgan fingerprint density at radius 3 is 2.08 bits per heavy atom. The van der Waals surface area contributed by atoms with E-state index in [1.165, 1.54) is 4.90 Å². The normalized spacial score (nSPS) is 10.2. The Morgan fingerprint density at radius 1 is 0.808 bits per heavy atom. The van der Waals surface area contributed by atoms with E-state index in [1.54, 1.807) is 24.5 Å². The Balaban J connectivity index is 1.75. The van der Waals surface area contributed by atoms with E-state index >= 15 is 0 Å². The minimum atomic E-state index is -0.637. The fraction of sp³-hybridized carbons (Fsp3) is 0.0952. The molecule has 2 aromatic carbocycles. The molecule has 0 radical (unpaired) electrons. The summed E-state index contributed by atoms with van der Waals surface area (Å²) in [7, 11) is 0. The summed E-state index contributed by atoms with van der Waals surface area (Å²) in [5.74, 6) is -1.23. The minimum Gasteiger partial charge on any atom is -0.344 e. The molecule has 5 nitrogen and oxygen atoms in total. The first-order valence-corrected chi connectivity index (χ1v) is 8.31. The third-order valence-corrected chi connectivity index (χ3v) is 3.89. The number of para-hydroxylation sites is 1. The SMILES string of the molecule is O=C(NCc1ccncc1)C(=O)N(Cc1ccccc1)c1ccccc1. The number of benzene rings is 2. The second kappa shape index (κ2) is 8.58. The number of anilines is 1. The van der Waals surface area contributed by atoms with Gasteiger partial charge in [0.15, 0.2) is 0 Å². The van der Waals surface area contributed by atoms with Crippen LogP contribution in [0.2, 0.25) is 0 Å². The fourth-order valence-electron chi connectivity index (χ4n) is 2.54. The maximum absolute atomic E-state index is 12.8. The van der Waals surface area contributed by atoms with Crippen LogP contribution in [0.25, 0.3) is 0 Å². The summed E-state index contributed by atoms with van der Waals surface area (Å²) in [6, 6.07) is 22.4. The first-order chi connectivity index (χ1) is 12.7. The molecule has 3 aromatic rings. The van der Waals surface area contributed by atoms with Crippen LogP contribution in [0.5, 0.6) is 0 Å². The van der Waals surface area contributed by atoms with Gasteiger partial charge in [-0.1, -0.05) is 48.5 Å². The second-order valence-corrected chi connectivity index (χ2v) is 5.75. The summed E-state index contributed by atoms with van der Waals surface area (Å²) in [4.78, 5) is 30.6. The molecule has 0 spiro atoms. The van der Waals surface area contributed by atoms with Crippen molar-refractivity contribution >= 4 is 17.5 Å². The molecule has 1 N–H and O–H groups in total. The number of rotatable bonds is 5. The molecule has 0 atom stereocenters. The Kier molecular flexibility index (Phi) is 5.72. The Labute approximate surface area is 152 Å². The van der Waals surface area contributed by atoms with Gasteiger partial charge in [-0.15, -0.1) is 0 Å². The van der Waals surface area contributed by atoms with Crippen molar-refractivity contribution in [3.63, 3.8) is 0 Å². The molecule has 0 fully saturated rings. The molecule has 0 saturated heterocycles. The number of pyridine rings is 1. The van der Waals surface area contributed by atoms with Crippen molar-refractivity contribution in [3.05, 3.63) is 96.3 Å². The van der Waals surface area contributed by atoms with Gasteiger partial charge in [-0.05, 0) is 35.4 Å². The van der Waals surface area contributed by atoms with Gasteiger partial charge in [-0.25, -0.2) is 0 Å². The number of aromatic nitrogens is 1. The molecule has 130 valence electrons. The molecule has 3 rings (SSSR count). The van der Waals surface area contributed by atoms with Crippen molar-refractivity contribution in [2.24, 2.45) is 0 Å². The lowest BCUT2D eigenvalue weighted by molar-refractivity contribution is -0.137. The quantitative estimate of drug-likeness (QED) is 0.723. The molecule has 0 saturated carbocycles. The number of carbonyl (C=O) groups excluding carboxylic acids is 2. The zero-order valence-electron chi connectivity index (χ0n) is 14.2. The van der Waals surface area contributed by atoms with Crippen molar-refractivity contribution in [2.45, 2.75) is 13.1 Å². The van der Waals surface area contributed by atoms with E-state index in [2.05, 4.69) is 10.3 Å². The largest absolute Gasteiger partial charge is 0.344 e. The minimum absolute atomic E-state index is 0.279. The molecule has 0 aliphatic heterocycles. The lowest BCUT2D eigenvalue weighted by atomic mass is 10.2. The molecule has 0 unspecified atom stereocenters. The Hall–Kier alpha value is -3.47. The van der Waals surface area contributed by atoms with Crippen LogP contribution in [0.15, 0.2) is 85.2 Å². The van der Waals surface area contributed by atoms with Gasteiger partial charge in [-0.3, -0.25) is 19.5 Å². The summed E-state index contributed by atoms with van der Waals surface area (Å²) in [5, 5.41) is 2.68. The summed E-state index contributed by atoms with van der Waals surface area (Å²) in [6.45, 7) is 0.605. The van der Waals surface area contributed by atoms with E-state index in [-0.39, 0.29) is 6.54 Å². The summed E-state index contributed by atoms with van der Waals surface area (Å²) < 4.78 is 0. The number of hydrogen-bond acceptors (Lipinski definition) is 3. The van der Waals surface area contributed by atoms with E-state index in [0.717, 1.165) is 11.1 Å². The van der Waals surface area contributed by atoms with Crippen LogP contribution in [0.1, 0.15) is 11.1 Å². The van der Waals surface area contributed by atoms with Crippen molar-refractivity contribution in [2.75, 3.05) is 4.90 Å². The van der Waals surface area contributed by atoms with Crippen LogP contribution in [-0.2, 0) is 22.7 Å². The topological polar surface area (TPSA) is 62.3 Å². The standard InChI is InChI=1S/C21H19N3O2/c25-20(23-15-17-11-13-22-14-12-17)21(26)24(19-9-5-2-6-10-19)16-18-7-3-1-4-8-18/h1-14H,15-16H2,(H,23,25). The highest BCUT2D eigenvalue weighted by molar-refractivity contribution is 6.40. The first kappa shape index (κ1) is 17.4. The number of amides is 2. The molecule has 26 heavy (non-hydrogen) atoms. The molecule has 2 amide bonds. The van der Waals surface area contributed by atoms with Gasteiger partial charge < -0.3 is 5.32 Å². The van der Waals surface area contributed by atoms with Crippen molar-refractivity contribution in [1.82, 2.24) is 10.3 Å². The number of nitrogens with one attached hydrogen (secondary N) is 1. The van der Waals surface area contributed by atoms with Gasteiger partial charge in [0.1, 0.15) is 0 Å². The predicted octanol–water partition coefficient (Wildman–Crippen LogP) is 2.93.